The van der Waals surface area contributed by atoms with E-state index in [1.807, 2.05) is 0 Å². The number of carboxylic acids is 1. The van der Waals surface area contributed by atoms with Gasteiger partial charge in [-0.1, -0.05) is 6.07 Å². The zero-order valence-electron chi connectivity index (χ0n) is 10.3. The third-order valence-corrected chi connectivity index (χ3v) is 3.26. The zero-order valence-corrected chi connectivity index (χ0v) is 10.3. The lowest BCUT2D eigenvalue weighted by atomic mass is 10.1. The quantitative estimate of drug-likeness (QED) is 0.916. The number of aromatic nitrogens is 1. The SMILES string of the molecule is O=C(O)c1cc(F)cnc1N1CCc2ccc(F)cc21. The predicted molar refractivity (Wildman–Crippen MR) is 68.3 cm³/mol. The van der Waals surface area contributed by atoms with Gasteiger partial charge in [-0.2, -0.15) is 0 Å². The first kappa shape index (κ1) is 12.5. The molecule has 0 bridgehead atoms. The van der Waals surface area contributed by atoms with Crippen molar-refractivity contribution in [3.8, 4) is 0 Å². The minimum Gasteiger partial charge on any atom is -0.478 e. The van der Waals surface area contributed by atoms with Gasteiger partial charge in [-0.3, -0.25) is 0 Å². The third-order valence-electron chi connectivity index (χ3n) is 3.26. The molecule has 2 heterocycles. The van der Waals surface area contributed by atoms with Crippen molar-refractivity contribution >= 4 is 17.5 Å². The topological polar surface area (TPSA) is 53.4 Å². The van der Waals surface area contributed by atoms with E-state index in [0.717, 1.165) is 17.8 Å². The van der Waals surface area contributed by atoms with Crippen LogP contribution in [0.3, 0.4) is 0 Å². The summed E-state index contributed by atoms with van der Waals surface area (Å²) >= 11 is 0. The molecule has 0 aliphatic carbocycles. The Bertz CT molecular complexity index is 704. The molecule has 4 nitrogen and oxygen atoms in total. The van der Waals surface area contributed by atoms with Gasteiger partial charge in [0.1, 0.15) is 23.0 Å². The average Bonchev–Trinajstić information content (AvgIpc) is 2.81. The van der Waals surface area contributed by atoms with Crippen molar-refractivity contribution < 1.29 is 18.7 Å². The summed E-state index contributed by atoms with van der Waals surface area (Å²) in [7, 11) is 0. The van der Waals surface area contributed by atoms with Crippen molar-refractivity contribution in [2.75, 3.05) is 11.4 Å². The molecule has 1 N–H and O–H groups in total. The lowest BCUT2D eigenvalue weighted by molar-refractivity contribution is 0.0696. The monoisotopic (exact) mass is 276 g/mol. The summed E-state index contributed by atoms with van der Waals surface area (Å²) in [4.78, 5) is 16.7. The molecule has 0 radical (unpaired) electrons. The third kappa shape index (κ3) is 1.99. The maximum atomic E-state index is 13.4. The van der Waals surface area contributed by atoms with Crippen LogP contribution in [0.5, 0.6) is 0 Å². The van der Waals surface area contributed by atoms with E-state index >= 15 is 0 Å². The molecular formula is C14H10F2N2O2. The molecule has 1 aliphatic heterocycles. The number of aromatic carboxylic acids is 1. The lowest BCUT2D eigenvalue weighted by Crippen LogP contribution is -2.19. The second kappa shape index (κ2) is 4.56. The first-order chi connectivity index (χ1) is 9.56. The number of fused-ring (bicyclic) bond motifs is 1. The number of nitrogens with zero attached hydrogens (tertiary/aromatic N) is 2. The molecule has 0 saturated carbocycles. The molecule has 1 aliphatic rings. The Labute approximate surface area is 113 Å². The number of carboxylic acid groups (broad SMARTS) is 1. The number of halogens is 2. The van der Waals surface area contributed by atoms with E-state index in [1.165, 1.54) is 12.1 Å². The summed E-state index contributed by atoms with van der Waals surface area (Å²) < 4.78 is 26.5. The highest BCUT2D eigenvalue weighted by Gasteiger charge is 2.26. The van der Waals surface area contributed by atoms with E-state index in [4.69, 9.17) is 5.11 Å². The van der Waals surface area contributed by atoms with Gasteiger partial charge < -0.3 is 10.0 Å². The van der Waals surface area contributed by atoms with Crippen molar-refractivity contribution in [2.24, 2.45) is 0 Å². The molecule has 20 heavy (non-hydrogen) atoms. The van der Waals surface area contributed by atoms with Crippen molar-refractivity contribution in [3.63, 3.8) is 0 Å². The maximum Gasteiger partial charge on any atom is 0.339 e. The fourth-order valence-electron chi connectivity index (χ4n) is 2.38. The van der Waals surface area contributed by atoms with Gasteiger partial charge >= 0.3 is 5.97 Å². The van der Waals surface area contributed by atoms with Gasteiger partial charge in [-0.15, -0.1) is 0 Å². The number of benzene rings is 1. The minimum atomic E-state index is -1.27. The van der Waals surface area contributed by atoms with Crippen molar-refractivity contribution in [1.82, 2.24) is 4.98 Å². The molecule has 0 amide bonds. The van der Waals surface area contributed by atoms with Gasteiger partial charge in [0.15, 0.2) is 0 Å². The van der Waals surface area contributed by atoms with Gasteiger partial charge in [-0.05, 0) is 30.2 Å². The first-order valence-corrected chi connectivity index (χ1v) is 6.01. The molecule has 3 rings (SSSR count). The normalized spacial score (nSPS) is 13.4. The Balaban J connectivity index is 2.13. The summed E-state index contributed by atoms with van der Waals surface area (Å²) in [6, 6.07) is 5.27. The van der Waals surface area contributed by atoms with Crippen LogP contribution in [-0.2, 0) is 6.42 Å². The van der Waals surface area contributed by atoms with E-state index in [9.17, 15) is 13.6 Å². The zero-order chi connectivity index (χ0) is 14.3. The lowest BCUT2D eigenvalue weighted by Gasteiger charge is -2.20. The van der Waals surface area contributed by atoms with Crippen molar-refractivity contribution in [3.05, 3.63) is 53.2 Å². The molecular weight excluding hydrogens is 266 g/mol. The maximum absolute atomic E-state index is 13.4. The van der Waals surface area contributed by atoms with Crippen LogP contribution in [-0.4, -0.2) is 22.6 Å². The van der Waals surface area contributed by atoms with Crippen LogP contribution in [0, 0.1) is 11.6 Å². The Morgan fingerprint density at radius 1 is 1.25 bits per heavy atom. The molecule has 6 heteroatoms. The van der Waals surface area contributed by atoms with E-state index < -0.39 is 17.6 Å². The molecule has 102 valence electrons. The highest BCUT2D eigenvalue weighted by Crippen LogP contribution is 2.35. The molecule has 0 saturated heterocycles. The fraction of sp³-hybridized carbons (Fsp3) is 0.143. The van der Waals surface area contributed by atoms with E-state index in [1.54, 1.807) is 11.0 Å². The molecule has 1 aromatic heterocycles. The Kier molecular flexibility index (Phi) is 2.85. The summed E-state index contributed by atoms with van der Waals surface area (Å²) in [5.74, 6) is -2.26. The standard InChI is InChI=1S/C14H10F2N2O2/c15-9-2-1-8-3-4-18(12(8)6-9)13-11(14(19)20)5-10(16)7-17-13/h1-2,5-7H,3-4H2,(H,19,20). The summed E-state index contributed by atoms with van der Waals surface area (Å²) in [6.07, 6.45) is 1.62. The Hall–Kier alpha value is -2.50. The van der Waals surface area contributed by atoms with Crippen LogP contribution in [0.2, 0.25) is 0 Å². The van der Waals surface area contributed by atoms with Gasteiger partial charge in [0.2, 0.25) is 0 Å². The van der Waals surface area contributed by atoms with Gasteiger partial charge in [0.25, 0.3) is 0 Å². The van der Waals surface area contributed by atoms with E-state index in [-0.39, 0.29) is 11.4 Å². The van der Waals surface area contributed by atoms with Gasteiger partial charge in [0, 0.05) is 12.2 Å². The van der Waals surface area contributed by atoms with Crippen LogP contribution in [0.25, 0.3) is 0 Å². The number of anilines is 2. The van der Waals surface area contributed by atoms with Crippen LogP contribution < -0.4 is 4.90 Å². The Morgan fingerprint density at radius 2 is 2.05 bits per heavy atom. The highest BCUT2D eigenvalue weighted by atomic mass is 19.1. The molecule has 0 fully saturated rings. The van der Waals surface area contributed by atoms with Crippen LogP contribution in [0.4, 0.5) is 20.3 Å². The molecule has 2 aromatic rings. The van der Waals surface area contributed by atoms with E-state index in [2.05, 4.69) is 4.98 Å². The Morgan fingerprint density at radius 3 is 2.80 bits per heavy atom. The summed E-state index contributed by atoms with van der Waals surface area (Å²) in [6.45, 7) is 0.484. The summed E-state index contributed by atoms with van der Waals surface area (Å²) in [5, 5.41) is 9.15. The minimum absolute atomic E-state index is 0.128. The number of carbonyl (C=O) groups is 1. The molecule has 1 aromatic carbocycles. The van der Waals surface area contributed by atoms with E-state index in [0.29, 0.717) is 18.7 Å². The molecule has 0 unspecified atom stereocenters. The molecule has 0 spiro atoms. The average molecular weight is 276 g/mol. The summed E-state index contributed by atoms with van der Waals surface area (Å²) in [5.41, 5.74) is 1.25. The van der Waals surface area contributed by atoms with Gasteiger partial charge in [0.05, 0.1) is 6.20 Å². The number of hydrogen-bond acceptors (Lipinski definition) is 3. The van der Waals surface area contributed by atoms with Crippen LogP contribution in [0.1, 0.15) is 15.9 Å². The number of rotatable bonds is 2. The largest absolute Gasteiger partial charge is 0.478 e. The van der Waals surface area contributed by atoms with Crippen molar-refractivity contribution in [2.45, 2.75) is 6.42 Å². The van der Waals surface area contributed by atoms with Crippen LogP contribution in [0.15, 0.2) is 30.5 Å². The first-order valence-electron chi connectivity index (χ1n) is 6.01. The second-order valence-corrected chi connectivity index (χ2v) is 4.50. The second-order valence-electron chi connectivity index (χ2n) is 4.50. The van der Waals surface area contributed by atoms with Crippen LogP contribution >= 0.6 is 0 Å². The number of pyridine rings is 1. The van der Waals surface area contributed by atoms with Gasteiger partial charge in [-0.25, -0.2) is 18.6 Å². The fourth-order valence-corrected chi connectivity index (χ4v) is 2.38. The predicted octanol–water partition coefficient (Wildman–Crippen LogP) is 2.75. The highest BCUT2D eigenvalue weighted by molar-refractivity contribution is 5.94. The van der Waals surface area contributed by atoms with Crippen molar-refractivity contribution in [1.29, 1.82) is 0 Å². The molecule has 0 atom stereocenters. The number of hydrogen-bond donors (Lipinski definition) is 1. The smallest absolute Gasteiger partial charge is 0.339 e.